The summed E-state index contributed by atoms with van der Waals surface area (Å²) < 4.78 is 0. The molecule has 98 valence electrons. The van der Waals surface area contributed by atoms with Crippen LogP contribution in [0.2, 0.25) is 0 Å². The molecule has 2 N–H and O–H groups in total. The zero-order valence-electron chi connectivity index (χ0n) is 11.2. The fourth-order valence-corrected chi connectivity index (χ4v) is 1.78. The van der Waals surface area contributed by atoms with Crippen LogP contribution in [0.1, 0.15) is 52.1 Å². The molecule has 0 spiro atoms. The van der Waals surface area contributed by atoms with Gasteiger partial charge in [-0.05, 0) is 38.3 Å². The fraction of sp³-hybridized carbons (Fsp3) is 0.429. The summed E-state index contributed by atoms with van der Waals surface area (Å²) in [5.74, 6) is -1.38. The molecule has 0 heterocycles. The lowest BCUT2D eigenvalue weighted by molar-refractivity contribution is 0.0689. The Morgan fingerprint density at radius 3 is 2.17 bits per heavy atom. The number of benzene rings is 1. The molecular weight excluding hydrogens is 230 g/mol. The summed E-state index contributed by atoms with van der Waals surface area (Å²) in [4.78, 5) is 23.4. The summed E-state index contributed by atoms with van der Waals surface area (Å²) in [6.45, 7) is 7.30. The monoisotopic (exact) mass is 249 g/mol. The number of carboxylic acids is 1. The average Bonchev–Trinajstić information content (AvgIpc) is 2.30. The van der Waals surface area contributed by atoms with Crippen LogP contribution in [0, 0.1) is 13.8 Å². The van der Waals surface area contributed by atoms with E-state index in [2.05, 4.69) is 5.32 Å². The maximum absolute atomic E-state index is 12.1. The average molecular weight is 249 g/mol. The van der Waals surface area contributed by atoms with Gasteiger partial charge in [0.25, 0.3) is 5.91 Å². The Labute approximate surface area is 107 Å². The lowest BCUT2D eigenvalue weighted by Gasteiger charge is -2.15. The first-order valence-corrected chi connectivity index (χ1v) is 6.02. The maximum Gasteiger partial charge on any atom is 0.336 e. The third kappa shape index (κ3) is 2.88. The first-order valence-electron chi connectivity index (χ1n) is 6.02. The van der Waals surface area contributed by atoms with Crippen LogP contribution in [0.25, 0.3) is 0 Å². The highest BCUT2D eigenvalue weighted by atomic mass is 16.4. The van der Waals surface area contributed by atoms with E-state index < -0.39 is 5.97 Å². The van der Waals surface area contributed by atoms with Crippen molar-refractivity contribution in [3.05, 3.63) is 34.4 Å². The smallest absolute Gasteiger partial charge is 0.336 e. The second-order valence-electron chi connectivity index (χ2n) is 4.54. The van der Waals surface area contributed by atoms with Gasteiger partial charge < -0.3 is 10.4 Å². The number of carboxylic acid groups (broad SMARTS) is 1. The predicted octanol–water partition coefficient (Wildman–Crippen LogP) is 2.53. The predicted molar refractivity (Wildman–Crippen MR) is 70.1 cm³/mol. The Bertz CT molecular complexity index is 480. The first-order chi connectivity index (χ1) is 8.38. The standard InChI is InChI=1S/C14H19NO3/c1-5-10(4)15-13(16)11-8(2)6-7-9(3)12(11)14(17)18/h6-7,10H,5H2,1-4H3,(H,15,16)(H,17,18). The number of aromatic carboxylic acids is 1. The highest BCUT2D eigenvalue weighted by Gasteiger charge is 2.21. The zero-order chi connectivity index (χ0) is 13.9. The van der Waals surface area contributed by atoms with Crippen LogP contribution in [-0.4, -0.2) is 23.0 Å². The van der Waals surface area contributed by atoms with Crippen LogP contribution in [0.4, 0.5) is 0 Å². The molecule has 0 aliphatic heterocycles. The van der Waals surface area contributed by atoms with E-state index in [9.17, 15) is 14.7 Å². The van der Waals surface area contributed by atoms with E-state index in [4.69, 9.17) is 0 Å². The molecule has 0 aliphatic carbocycles. The fourth-order valence-electron chi connectivity index (χ4n) is 1.78. The van der Waals surface area contributed by atoms with Crippen molar-refractivity contribution < 1.29 is 14.7 Å². The van der Waals surface area contributed by atoms with Gasteiger partial charge in [0.1, 0.15) is 0 Å². The van der Waals surface area contributed by atoms with Crippen molar-refractivity contribution >= 4 is 11.9 Å². The summed E-state index contributed by atoms with van der Waals surface area (Å²) >= 11 is 0. The van der Waals surface area contributed by atoms with Gasteiger partial charge in [0.2, 0.25) is 0 Å². The Morgan fingerprint density at radius 1 is 1.22 bits per heavy atom. The van der Waals surface area contributed by atoms with E-state index >= 15 is 0 Å². The molecular formula is C14H19NO3. The lowest BCUT2D eigenvalue weighted by Crippen LogP contribution is -2.33. The lowest BCUT2D eigenvalue weighted by atomic mass is 9.96. The van der Waals surface area contributed by atoms with Gasteiger partial charge in [-0.1, -0.05) is 19.1 Å². The van der Waals surface area contributed by atoms with Crippen molar-refractivity contribution in [2.75, 3.05) is 0 Å². The SMILES string of the molecule is CCC(C)NC(=O)c1c(C)ccc(C)c1C(=O)O. The summed E-state index contributed by atoms with van der Waals surface area (Å²) in [5.41, 5.74) is 1.64. The number of hydrogen-bond acceptors (Lipinski definition) is 2. The molecule has 4 nitrogen and oxygen atoms in total. The van der Waals surface area contributed by atoms with Gasteiger partial charge >= 0.3 is 5.97 Å². The maximum atomic E-state index is 12.1. The molecule has 0 saturated heterocycles. The van der Waals surface area contributed by atoms with Gasteiger partial charge in [-0.3, -0.25) is 4.79 Å². The molecule has 1 aromatic rings. The van der Waals surface area contributed by atoms with Crippen molar-refractivity contribution in [1.29, 1.82) is 0 Å². The summed E-state index contributed by atoms with van der Waals surface area (Å²) in [7, 11) is 0. The van der Waals surface area contributed by atoms with Gasteiger partial charge in [0.05, 0.1) is 11.1 Å². The number of carbonyl (C=O) groups excluding carboxylic acids is 1. The molecule has 0 saturated carbocycles. The molecule has 0 bridgehead atoms. The second-order valence-corrected chi connectivity index (χ2v) is 4.54. The Morgan fingerprint density at radius 2 is 1.72 bits per heavy atom. The second kappa shape index (κ2) is 5.67. The normalized spacial score (nSPS) is 12.0. The topological polar surface area (TPSA) is 66.4 Å². The summed E-state index contributed by atoms with van der Waals surface area (Å²) in [5, 5.41) is 12.0. The Kier molecular flexibility index (Phi) is 4.48. The molecule has 4 heteroatoms. The van der Waals surface area contributed by atoms with Crippen LogP contribution >= 0.6 is 0 Å². The summed E-state index contributed by atoms with van der Waals surface area (Å²) in [6.07, 6.45) is 0.805. The Hall–Kier alpha value is -1.84. The van der Waals surface area contributed by atoms with Crippen LogP contribution in [-0.2, 0) is 0 Å². The van der Waals surface area contributed by atoms with E-state index in [1.165, 1.54) is 0 Å². The van der Waals surface area contributed by atoms with Crippen molar-refractivity contribution in [2.45, 2.75) is 40.2 Å². The highest BCUT2D eigenvalue weighted by Crippen LogP contribution is 2.19. The molecule has 0 aromatic heterocycles. The van der Waals surface area contributed by atoms with Gasteiger partial charge in [-0.2, -0.15) is 0 Å². The number of hydrogen-bond donors (Lipinski definition) is 2. The van der Waals surface area contributed by atoms with Crippen molar-refractivity contribution in [3.8, 4) is 0 Å². The van der Waals surface area contributed by atoms with E-state index in [1.807, 2.05) is 13.8 Å². The van der Waals surface area contributed by atoms with Crippen molar-refractivity contribution in [2.24, 2.45) is 0 Å². The molecule has 1 amide bonds. The minimum absolute atomic E-state index is 0.0269. The molecule has 0 aliphatic rings. The van der Waals surface area contributed by atoms with E-state index in [0.29, 0.717) is 11.1 Å². The van der Waals surface area contributed by atoms with Gasteiger partial charge in [0.15, 0.2) is 0 Å². The van der Waals surface area contributed by atoms with E-state index in [0.717, 1.165) is 6.42 Å². The molecule has 1 rings (SSSR count). The summed E-state index contributed by atoms with van der Waals surface area (Å²) in [6, 6.07) is 3.52. The minimum Gasteiger partial charge on any atom is -0.478 e. The van der Waals surface area contributed by atoms with E-state index in [1.54, 1.807) is 26.0 Å². The third-order valence-electron chi connectivity index (χ3n) is 3.05. The number of amides is 1. The molecule has 0 fully saturated rings. The minimum atomic E-state index is -1.06. The third-order valence-corrected chi connectivity index (χ3v) is 3.05. The van der Waals surface area contributed by atoms with Crippen LogP contribution < -0.4 is 5.32 Å². The van der Waals surface area contributed by atoms with Gasteiger partial charge in [-0.15, -0.1) is 0 Å². The highest BCUT2D eigenvalue weighted by molar-refractivity contribution is 6.06. The molecule has 1 unspecified atom stereocenters. The van der Waals surface area contributed by atoms with E-state index in [-0.39, 0.29) is 23.1 Å². The van der Waals surface area contributed by atoms with Crippen LogP contribution in [0.5, 0.6) is 0 Å². The van der Waals surface area contributed by atoms with Gasteiger partial charge in [0, 0.05) is 6.04 Å². The number of carbonyl (C=O) groups is 2. The first kappa shape index (κ1) is 14.2. The Balaban J connectivity index is 3.26. The quantitative estimate of drug-likeness (QED) is 0.861. The van der Waals surface area contributed by atoms with Gasteiger partial charge in [-0.25, -0.2) is 4.79 Å². The van der Waals surface area contributed by atoms with Crippen LogP contribution in [0.3, 0.4) is 0 Å². The van der Waals surface area contributed by atoms with Crippen molar-refractivity contribution in [3.63, 3.8) is 0 Å². The number of rotatable bonds is 4. The molecule has 1 atom stereocenters. The molecule has 18 heavy (non-hydrogen) atoms. The van der Waals surface area contributed by atoms with Crippen LogP contribution in [0.15, 0.2) is 12.1 Å². The largest absolute Gasteiger partial charge is 0.478 e. The molecule has 1 aromatic carbocycles. The zero-order valence-corrected chi connectivity index (χ0v) is 11.2. The number of nitrogens with one attached hydrogen (secondary N) is 1. The van der Waals surface area contributed by atoms with Crippen molar-refractivity contribution in [1.82, 2.24) is 5.32 Å². The molecule has 0 radical (unpaired) electrons. The number of aryl methyl sites for hydroxylation is 2.